The maximum absolute atomic E-state index is 12.4. The standard InChI is InChI=1S/C21H27N5O3/c1-13-18(14(2)26(4)24-13)12-25(3)11-16(21(28)29)9-20(27)23-17-6-5-15-7-8-22-19(15)10-17/h5-8,10,16,22H,9,11-12H2,1-4H3,(H,23,27)(H,28,29)/t16-/m1/s1. The fraction of sp³-hybridized carbons (Fsp3) is 0.381. The SMILES string of the molecule is Cc1nn(C)c(C)c1CN(C)C[C@@H](CC(=O)Nc1ccc2cc[nH]c2c1)C(=O)O. The molecule has 0 aliphatic carbocycles. The molecule has 0 radical (unpaired) electrons. The van der Waals surface area contributed by atoms with Crippen LogP contribution in [0.25, 0.3) is 10.9 Å². The van der Waals surface area contributed by atoms with E-state index in [1.54, 1.807) is 0 Å². The van der Waals surface area contributed by atoms with Gasteiger partial charge in [-0.1, -0.05) is 6.07 Å². The number of H-pyrrole nitrogens is 1. The number of aliphatic carboxylic acids is 1. The van der Waals surface area contributed by atoms with Crippen LogP contribution in [0.1, 0.15) is 23.4 Å². The molecular formula is C21H27N5O3. The Morgan fingerprint density at radius 2 is 2.07 bits per heavy atom. The third kappa shape index (κ3) is 4.83. The van der Waals surface area contributed by atoms with Crippen molar-refractivity contribution in [1.29, 1.82) is 0 Å². The topological polar surface area (TPSA) is 103 Å². The molecule has 8 heteroatoms. The number of nitrogens with zero attached hydrogens (tertiary/aromatic N) is 3. The third-order valence-corrected chi connectivity index (χ3v) is 5.24. The average Bonchev–Trinajstić information content (AvgIpc) is 3.20. The number of nitrogens with one attached hydrogen (secondary N) is 2. The van der Waals surface area contributed by atoms with Gasteiger partial charge in [0, 0.05) is 55.2 Å². The van der Waals surface area contributed by atoms with Crippen LogP contribution in [0.5, 0.6) is 0 Å². The molecule has 3 aromatic rings. The number of hydrogen-bond acceptors (Lipinski definition) is 4. The van der Waals surface area contributed by atoms with Crippen molar-refractivity contribution < 1.29 is 14.7 Å². The quantitative estimate of drug-likeness (QED) is 0.542. The Labute approximate surface area is 169 Å². The Morgan fingerprint density at radius 1 is 1.31 bits per heavy atom. The Kier molecular flexibility index (Phi) is 6.03. The van der Waals surface area contributed by atoms with E-state index in [4.69, 9.17) is 0 Å². The molecule has 1 amide bonds. The molecule has 0 spiro atoms. The van der Waals surface area contributed by atoms with Gasteiger partial charge in [-0.05, 0) is 44.5 Å². The Hall–Kier alpha value is -3.13. The van der Waals surface area contributed by atoms with Gasteiger partial charge in [-0.2, -0.15) is 5.10 Å². The Balaban J connectivity index is 1.61. The summed E-state index contributed by atoms with van der Waals surface area (Å²) in [5, 5.41) is 17.8. The molecule has 0 aliphatic heterocycles. The lowest BCUT2D eigenvalue weighted by molar-refractivity contribution is -0.144. The number of rotatable bonds is 8. The highest BCUT2D eigenvalue weighted by Crippen LogP contribution is 2.19. The second kappa shape index (κ2) is 8.48. The van der Waals surface area contributed by atoms with E-state index in [9.17, 15) is 14.7 Å². The molecule has 1 atom stereocenters. The van der Waals surface area contributed by atoms with Gasteiger partial charge in [-0.15, -0.1) is 0 Å². The minimum atomic E-state index is -0.980. The summed E-state index contributed by atoms with van der Waals surface area (Å²) in [6, 6.07) is 7.50. The molecule has 0 saturated carbocycles. The molecule has 3 N–H and O–H groups in total. The minimum Gasteiger partial charge on any atom is -0.481 e. The number of aromatic amines is 1. The Bertz CT molecular complexity index is 1040. The summed E-state index contributed by atoms with van der Waals surface area (Å²) in [6.45, 7) is 4.79. The molecule has 29 heavy (non-hydrogen) atoms. The third-order valence-electron chi connectivity index (χ3n) is 5.24. The number of anilines is 1. The van der Waals surface area contributed by atoms with Crippen LogP contribution in [-0.2, 0) is 23.2 Å². The van der Waals surface area contributed by atoms with Crippen LogP contribution in [0.2, 0.25) is 0 Å². The van der Waals surface area contributed by atoms with Crippen molar-refractivity contribution in [1.82, 2.24) is 19.7 Å². The maximum Gasteiger partial charge on any atom is 0.308 e. The molecule has 0 fully saturated rings. The van der Waals surface area contributed by atoms with Crippen molar-refractivity contribution in [3.05, 3.63) is 47.4 Å². The number of hydrogen-bond donors (Lipinski definition) is 3. The maximum atomic E-state index is 12.4. The lowest BCUT2D eigenvalue weighted by Crippen LogP contribution is -2.33. The fourth-order valence-electron chi connectivity index (χ4n) is 3.55. The van der Waals surface area contributed by atoms with E-state index in [0.29, 0.717) is 12.2 Å². The van der Waals surface area contributed by atoms with Crippen molar-refractivity contribution >= 4 is 28.5 Å². The first-order valence-corrected chi connectivity index (χ1v) is 9.52. The van der Waals surface area contributed by atoms with Gasteiger partial charge in [0.2, 0.25) is 5.91 Å². The van der Waals surface area contributed by atoms with Crippen LogP contribution in [0.3, 0.4) is 0 Å². The molecule has 2 heterocycles. The smallest absolute Gasteiger partial charge is 0.308 e. The van der Waals surface area contributed by atoms with Crippen LogP contribution in [-0.4, -0.2) is 50.2 Å². The summed E-state index contributed by atoms with van der Waals surface area (Å²) in [5.41, 5.74) is 4.63. The lowest BCUT2D eigenvalue weighted by atomic mass is 10.0. The van der Waals surface area contributed by atoms with E-state index < -0.39 is 11.9 Å². The van der Waals surface area contributed by atoms with E-state index in [1.165, 1.54) is 0 Å². The van der Waals surface area contributed by atoms with E-state index in [1.807, 2.05) is 68.0 Å². The minimum absolute atomic E-state index is 0.0898. The number of aromatic nitrogens is 3. The van der Waals surface area contributed by atoms with Crippen LogP contribution >= 0.6 is 0 Å². The van der Waals surface area contributed by atoms with Crippen LogP contribution in [0.15, 0.2) is 30.5 Å². The Morgan fingerprint density at radius 3 is 2.72 bits per heavy atom. The van der Waals surface area contributed by atoms with E-state index in [0.717, 1.165) is 27.9 Å². The lowest BCUT2D eigenvalue weighted by Gasteiger charge is -2.21. The number of aryl methyl sites for hydroxylation is 2. The molecule has 3 rings (SSSR count). The predicted molar refractivity (Wildman–Crippen MR) is 112 cm³/mol. The molecule has 0 unspecified atom stereocenters. The summed E-state index contributed by atoms with van der Waals surface area (Å²) in [4.78, 5) is 29.2. The highest BCUT2D eigenvalue weighted by Gasteiger charge is 2.24. The van der Waals surface area contributed by atoms with E-state index in [-0.39, 0.29) is 18.9 Å². The number of benzene rings is 1. The van der Waals surface area contributed by atoms with Gasteiger partial charge >= 0.3 is 5.97 Å². The number of carboxylic acids is 1. The number of carbonyl (C=O) groups is 2. The first-order valence-electron chi connectivity index (χ1n) is 9.52. The van der Waals surface area contributed by atoms with Gasteiger partial charge in [0.05, 0.1) is 11.6 Å². The largest absolute Gasteiger partial charge is 0.481 e. The normalized spacial score (nSPS) is 12.4. The summed E-state index contributed by atoms with van der Waals surface area (Å²) < 4.78 is 1.82. The van der Waals surface area contributed by atoms with E-state index >= 15 is 0 Å². The van der Waals surface area contributed by atoms with Gasteiger partial charge in [0.1, 0.15) is 0 Å². The molecule has 2 aromatic heterocycles. The van der Waals surface area contributed by atoms with Crippen molar-refractivity contribution in [2.45, 2.75) is 26.8 Å². The summed E-state index contributed by atoms with van der Waals surface area (Å²) in [5.74, 6) is -2.09. The van der Waals surface area contributed by atoms with Crippen molar-refractivity contribution in [3.8, 4) is 0 Å². The monoisotopic (exact) mass is 397 g/mol. The van der Waals surface area contributed by atoms with Crippen molar-refractivity contribution in [2.75, 3.05) is 18.9 Å². The predicted octanol–water partition coefficient (Wildman–Crippen LogP) is 2.68. The van der Waals surface area contributed by atoms with Crippen LogP contribution in [0, 0.1) is 19.8 Å². The summed E-state index contributed by atoms with van der Waals surface area (Å²) in [6.07, 6.45) is 1.74. The second-order valence-electron chi connectivity index (χ2n) is 7.54. The fourth-order valence-corrected chi connectivity index (χ4v) is 3.55. The molecule has 154 valence electrons. The van der Waals surface area contributed by atoms with Gasteiger partial charge in [0.25, 0.3) is 0 Å². The molecule has 0 bridgehead atoms. The molecule has 8 nitrogen and oxygen atoms in total. The second-order valence-corrected chi connectivity index (χ2v) is 7.54. The van der Waals surface area contributed by atoms with Crippen LogP contribution < -0.4 is 5.32 Å². The summed E-state index contributed by atoms with van der Waals surface area (Å²) >= 11 is 0. The molecule has 0 aliphatic rings. The molecular weight excluding hydrogens is 370 g/mol. The number of fused-ring (bicyclic) bond motifs is 1. The average molecular weight is 397 g/mol. The van der Waals surface area contributed by atoms with Crippen molar-refractivity contribution in [3.63, 3.8) is 0 Å². The number of amides is 1. The zero-order valence-electron chi connectivity index (χ0n) is 17.2. The van der Waals surface area contributed by atoms with Crippen molar-refractivity contribution in [2.24, 2.45) is 13.0 Å². The van der Waals surface area contributed by atoms with Gasteiger partial charge < -0.3 is 20.3 Å². The molecule has 0 saturated heterocycles. The number of carboxylic acid groups (broad SMARTS) is 1. The zero-order chi connectivity index (χ0) is 21.1. The zero-order valence-corrected chi connectivity index (χ0v) is 17.2. The first kappa shape index (κ1) is 20.6. The van der Waals surface area contributed by atoms with Gasteiger partial charge in [-0.3, -0.25) is 14.3 Å². The van der Waals surface area contributed by atoms with Gasteiger partial charge in [0.15, 0.2) is 0 Å². The first-order chi connectivity index (χ1) is 13.7. The highest BCUT2D eigenvalue weighted by molar-refractivity contribution is 5.95. The van der Waals surface area contributed by atoms with E-state index in [2.05, 4.69) is 15.4 Å². The van der Waals surface area contributed by atoms with Gasteiger partial charge in [-0.25, -0.2) is 0 Å². The summed E-state index contributed by atoms with van der Waals surface area (Å²) in [7, 11) is 3.75. The van der Waals surface area contributed by atoms with Crippen LogP contribution in [0.4, 0.5) is 5.69 Å². The molecule has 1 aromatic carbocycles. The number of carbonyl (C=O) groups excluding carboxylic acids is 1. The highest BCUT2D eigenvalue weighted by atomic mass is 16.4.